The maximum atomic E-state index is 12.4. The van der Waals surface area contributed by atoms with Crippen molar-refractivity contribution in [1.82, 2.24) is 14.3 Å². The zero-order valence-electron chi connectivity index (χ0n) is 12.4. The Balaban J connectivity index is 2.29. The molecule has 114 valence electrons. The first kappa shape index (κ1) is 15.7. The van der Waals surface area contributed by atoms with Gasteiger partial charge in [-0.3, -0.25) is 0 Å². The van der Waals surface area contributed by atoms with Crippen molar-refractivity contribution >= 4 is 10.0 Å². The van der Waals surface area contributed by atoms with Crippen molar-refractivity contribution in [2.24, 2.45) is 12.8 Å². The maximum Gasteiger partial charge on any atom is 0.241 e. The van der Waals surface area contributed by atoms with Gasteiger partial charge in [-0.05, 0) is 36.6 Å². The fraction of sp³-hybridized carbons (Fsp3) is 0.357. The van der Waals surface area contributed by atoms with Gasteiger partial charge in [0, 0.05) is 26.0 Å². The summed E-state index contributed by atoms with van der Waals surface area (Å²) in [7, 11) is -1.77. The third kappa shape index (κ3) is 3.31. The molecule has 0 saturated heterocycles. The molecule has 0 spiro atoms. The van der Waals surface area contributed by atoms with Gasteiger partial charge in [0.2, 0.25) is 10.0 Å². The Morgan fingerprint density at radius 1 is 1.29 bits per heavy atom. The van der Waals surface area contributed by atoms with Gasteiger partial charge in [-0.1, -0.05) is 6.07 Å². The van der Waals surface area contributed by atoms with Gasteiger partial charge in [0.1, 0.15) is 5.82 Å². The minimum absolute atomic E-state index is 0.150. The van der Waals surface area contributed by atoms with E-state index in [1.54, 1.807) is 30.0 Å². The predicted octanol–water partition coefficient (Wildman–Crippen LogP) is 0.974. The van der Waals surface area contributed by atoms with E-state index in [-0.39, 0.29) is 11.4 Å². The highest BCUT2D eigenvalue weighted by atomic mass is 32.2. The van der Waals surface area contributed by atoms with Gasteiger partial charge >= 0.3 is 0 Å². The number of benzene rings is 1. The van der Waals surface area contributed by atoms with Crippen LogP contribution in [0.5, 0.6) is 0 Å². The number of imidazole rings is 1. The van der Waals surface area contributed by atoms with E-state index in [0.29, 0.717) is 17.9 Å². The molecule has 0 radical (unpaired) electrons. The summed E-state index contributed by atoms with van der Waals surface area (Å²) < 4.78 is 29.3. The van der Waals surface area contributed by atoms with Gasteiger partial charge in [0.25, 0.3) is 0 Å². The summed E-state index contributed by atoms with van der Waals surface area (Å²) in [5.74, 6) is 0.655. The molecule has 2 aromatic rings. The summed E-state index contributed by atoms with van der Waals surface area (Å²) >= 11 is 0. The summed E-state index contributed by atoms with van der Waals surface area (Å²) in [5, 5.41) is 0. The molecule has 2 rings (SSSR count). The molecule has 0 aliphatic carbocycles. The molecule has 0 saturated carbocycles. The number of nitrogens with one attached hydrogen (secondary N) is 1. The highest BCUT2D eigenvalue weighted by Crippen LogP contribution is 2.20. The number of aryl methyl sites for hydroxylation is 3. The average molecular weight is 308 g/mol. The highest BCUT2D eigenvalue weighted by molar-refractivity contribution is 7.89. The van der Waals surface area contributed by atoms with Crippen LogP contribution in [-0.4, -0.2) is 18.0 Å². The number of hydrogen-bond donors (Lipinski definition) is 2. The number of sulfonamides is 1. The number of nitrogens with two attached hydrogens (primary N) is 1. The molecule has 0 unspecified atom stereocenters. The molecule has 3 N–H and O–H groups in total. The smallest absolute Gasteiger partial charge is 0.241 e. The minimum atomic E-state index is -3.59. The van der Waals surface area contributed by atoms with Crippen LogP contribution in [0.25, 0.3) is 0 Å². The second-order valence-electron chi connectivity index (χ2n) is 5.03. The number of hydrogen-bond acceptors (Lipinski definition) is 4. The first-order chi connectivity index (χ1) is 9.85. The maximum absolute atomic E-state index is 12.4. The van der Waals surface area contributed by atoms with Crippen LogP contribution >= 0.6 is 0 Å². The van der Waals surface area contributed by atoms with Gasteiger partial charge in [0.05, 0.1) is 11.4 Å². The third-order valence-electron chi connectivity index (χ3n) is 3.48. The first-order valence-corrected chi connectivity index (χ1v) is 8.09. The molecule has 1 aromatic carbocycles. The van der Waals surface area contributed by atoms with E-state index in [0.717, 1.165) is 11.1 Å². The molecule has 1 heterocycles. The second-order valence-corrected chi connectivity index (χ2v) is 6.76. The van der Waals surface area contributed by atoms with E-state index in [9.17, 15) is 8.42 Å². The lowest BCUT2D eigenvalue weighted by Crippen LogP contribution is -2.25. The van der Waals surface area contributed by atoms with Crippen LogP contribution in [0.15, 0.2) is 29.4 Å². The van der Waals surface area contributed by atoms with E-state index in [2.05, 4.69) is 9.71 Å². The first-order valence-electron chi connectivity index (χ1n) is 6.61. The number of aromatic nitrogens is 2. The summed E-state index contributed by atoms with van der Waals surface area (Å²) in [6.07, 6.45) is 3.40. The zero-order valence-corrected chi connectivity index (χ0v) is 13.2. The zero-order chi connectivity index (χ0) is 15.6. The molecule has 0 aliphatic rings. The summed E-state index contributed by atoms with van der Waals surface area (Å²) in [5.41, 5.74) is 8.19. The van der Waals surface area contributed by atoms with Crippen molar-refractivity contribution < 1.29 is 8.42 Å². The lowest BCUT2D eigenvalue weighted by Gasteiger charge is -2.12. The van der Waals surface area contributed by atoms with E-state index in [4.69, 9.17) is 5.73 Å². The average Bonchev–Trinajstić information content (AvgIpc) is 2.82. The monoisotopic (exact) mass is 308 g/mol. The molecular formula is C14H20N4O2S. The summed E-state index contributed by atoms with van der Waals surface area (Å²) in [4.78, 5) is 4.37. The van der Waals surface area contributed by atoms with E-state index >= 15 is 0 Å². The lowest BCUT2D eigenvalue weighted by atomic mass is 10.1. The highest BCUT2D eigenvalue weighted by Gasteiger charge is 2.18. The Morgan fingerprint density at radius 2 is 2.00 bits per heavy atom. The molecule has 0 fully saturated rings. The standard InChI is InChI=1S/C14H20N4O2S/c1-10-6-11(2)13(7-12(10)8-15)21(19,20)17-9-14-16-4-5-18(14)3/h4-7,17H,8-9,15H2,1-3H3. The van der Waals surface area contributed by atoms with Crippen LogP contribution in [0.2, 0.25) is 0 Å². The van der Waals surface area contributed by atoms with Crippen molar-refractivity contribution in [3.63, 3.8) is 0 Å². The predicted molar refractivity (Wildman–Crippen MR) is 81.0 cm³/mol. The van der Waals surface area contributed by atoms with Gasteiger partial charge in [0.15, 0.2) is 0 Å². The molecule has 0 atom stereocenters. The fourth-order valence-corrected chi connectivity index (χ4v) is 3.44. The van der Waals surface area contributed by atoms with Crippen molar-refractivity contribution in [1.29, 1.82) is 0 Å². The molecule has 21 heavy (non-hydrogen) atoms. The van der Waals surface area contributed by atoms with Crippen LogP contribution in [-0.2, 0) is 30.2 Å². The van der Waals surface area contributed by atoms with Gasteiger partial charge < -0.3 is 10.3 Å². The van der Waals surface area contributed by atoms with Crippen LogP contribution in [0.1, 0.15) is 22.5 Å². The topological polar surface area (TPSA) is 90.0 Å². The SMILES string of the molecule is Cc1cc(C)c(S(=O)(=O)NCc2nccn2C)cc1CN. The van der Waals surface area contributed by atoms with E-state index in [1.165, 1.54) is 0 Å². The fourth-order valence-electron chi connectivity index (χ4n) is 2.19. The lowest BCUT2D eigenvalue weighted by molar-refractivity contribution is 0.576. The Labute approximate surface area is 125 Å². The molecule has 0 aliphatic heterocycles. The largest absolute Gasteiger partial charge is 0.337 e. The van der Waals surface area contributed by atoms with Gasteiger partial charge in [-0.2, -0.15) is 0 Å². The number of rotatable bonds is 5. The summed E-state index contributed by atoms with van der Waals surface area (Å²) in [6, 6.07) is 3.49. The third-order valence-corrected chi connectivity index (χ3v) is 5.03. The molecule has 1 aromatic heterocycles. The molecule has 6 nitrogen and oxygen atoms in total. The Bertz CT molecular complexity index is 750. The minimum Gasteiger partial charge on any atom is -0.337 e. The van der Waals surface area contributed by atoms with Crippen molar-refractivity contribution in [3.8, 4) is 0 Å². The van der Waals surface area contributed by atoms with Crippen LogP contribution in [0, 0.1) is 13.8 Å². The van der Waals surface area contributed by atoms with E-state index in [1.807, 2.05) is 20.0 Å². The molecule has 7 heteroatoms. The molecule has 0 amide bonds. The number of nitrogens with zero attached hydrogens (tertiary/aromatic N) is 2. The quantitative estimate of drug-likeness (QED) is 0.861. The molecular weight excluding hydrogens is 288 g/mol. The summed E-state index contributed by atoms with van der Waals surface area (Å²) in [6.45, 7) is 4.17. The molecule has 0 bridgehead atoms. The Morgan fingerprint density at radius 3 is 2.57 bits per heavy atom. The Hall–Kier alpha value is -1.70. The van der Waals surface area contributed by atoms with Gasteiger partial charge in [-0.25, -0.2) is 18.1 Å². The van der Waals surface area contributed by atoms with Crippen molar-refractivity contribution in [2.75, 3.05) is 0 Å². The normalized spacial score (nSPS) is 11.8. The second kappa shape index (κ2) is 5.97. The van der Waals surface area contributed by atoms with Gasteiger partial charge in [-0.15, -0.1) is 0 Å². The van der Waals surface area contributed by atoms with Crippen LogP contribution in [0.4, 0.5) is 0 Å². The van der Waals surface area contributed by atoms with E-state index < -0.39 is 10.0 Å². The Kier molecular flexibility index (Phi) is 4.46. The van der Waals surface area contributed by atoms with Crippen LogP contribution < -0.4 is 10.5 Å². The van der Waals surface area contributed by atoms with Crippen LogP contribution in [0.3, 0.4) is 0 Å². The van der Waals surface area contributed by atoms with Crippen molar-refractivity contribution in [2.45, 2.75) is 31.8 Å². The van der Waals surface area contributed by atoms with Crippen molar-refractivity contribution in [3.05, 3.63) is 47.0 Å².